The zero-order chi connectivity index (χ0) is 16.9. The molecular weight excluding hydrogens is 316 g/mol. The highest BCUT2D eigenvalue weighted by Crippen LogP contribution is 2.13. The first-order valence-corrected chi connectivity index (χ1v) is 6.37. The third kappa shape index (κ3) is 4.42. The SMILES string of the molecule is NC(=O)C(CCNC(=O)c1cc(Cl)ncc1C(=O)O)C(N)=O. The quantitative estimate of drug-likeness (QED) is 0.375. The van der Waals surface area contributed by atoms with E-state index in [2.05, 4.69) is 10.3 Å². The highest BCUT2D eigenvalue weighted by Gasteiger charge is 2.22. The lowest BCUT2D eigenvalue weighted by Crippen LogP contribution is -2.38. The number of pyridine rings is 1. The van der Waals surface area contributed by atoms with Gasteiger partial charge >= 0.3 is 5.97 Å². The van der Waals surface area contributed by atoms with Crippen LogP contribution in [0.25, 0.3) is 0 Å². The summed E-state index contributed by atoms with van der Waals surface area (Å²) in [6, 6.07) is 1.10. The molecule has 0 aliphatic heterocycles. The van der Waals surface area contributed by atoms with E-state index >= 15 is 0 Å². The van der Waals surface area contributed by atoms with Gasteiger partial charge in [0, 0.05) is 12.7 Å². The van der Waals surface area contributed by atoms with E-state index in [1.54, 1.807) is 0 Å². The first-order valence-electron chi connectivity index (χ1n) is 5.99. The number of rotatable bonds is 7. The van der Waals surface area contributed by atoms with E-state index < -0.39 is 29.6 Å². The van der Waals surface area contributed by atoms with Crippen molar-refractivity contribution in [2.24, 2.45) is 17.4 Å². The van der Waals surface area contributed by atoms with Crippen molar-refractivity contribution in [1.82, 2.24) is 10.3 Å². The molecule has 22 heavy (non-hydrogen) atoms. The topological polar surface area (TPSA) is 165 Å². The third-order valence-electron chi connectivity index (χ3n) is 2.75. The van der Waals surface area contributed by atoms with Crippen LogP contribution in [-0.4, -0.2) is 40.3 Å². The minimum atomic E-state index is -1.35. The van der Waals surface area contributed by atoms with Crippen molar-refractivity contribution < 1.29 is 24.3 Å². The highest BCUT2D eigenvalue weighted by atomic mass is 35.5. The van der Waals surface area contributed by atoms with Crippen LogP contribution in [0, 0.1) is 5.92 Å². The second-order valence-electron chi connectivity index (χ2n) is 4.26. The molecule has 0 spiro atoms. The van der Waals surface area contributed by atoms with E-state index in [0.29, 0.717) is 0 Å². The summed E-state index contributed by atoms with van der Waals surface area (Å²) in [5.74, 6) is -5.11. The van der Waals surface area contributed by atoms with Crippen LogP contribution in [0.5, 0.6) is 0 Å². The lowest BCUT2D eigenvalue weighted by molar-refractivity contribution is -0.131. The molecule has 1 rings (SSSR count). The van der Waals surface area contributed by atoms with Gasteiger partial charge in [-0.05, 0) is 12.5 Å². The molecule has 0 aliphatic carbocycles. The molecule has 0 radical (unpaired) electrons. The van der Waals surface area contributed by atoms with E-state index in [4.69, 9.17) is 28.2 Å². The van der Waals surface area contributed by atoms with Crippen molar-refractivity contribution in [3.05, 3.63) is 28.5 Å². The van der Waals surface area contributed by atoms with Gasteiger partial charge in [0.2, 0.25) is 11.8 Å². The van der Waals surface area contributed by atoms with Gasteiger partial charge in [-0.25, -0.2) is 9.78 Å². The molecule has 10 heteroatoms. The molecule has 9 nitrogen and oxygen atoms in total. The van der Waals surface area contributed by atoms with Crippen molar-refractivity contribution in [2.45, 2.75) is 6.42 Å². The Kier molecular flexibility index (Phi) is 5.81. The average Bonchev–Trinajstić information content (AvgIpc) is 2.41. The summed E-state index contributed by atoms with van der Waals surface area (Å²) in [6.45, 7) is -0.103. The Balaban J connectivity index is 2.78. The largest absolute Gasteiger partial charge is 0.478 e. The average molecular weight is 329 g/mol. The van der Waals surface area contributed by atoms with Crippen molar-refractivity contribution in [2.75, 3.05) is 6.54 Å². The second-order valence-corrected chi connectivity index (χ2v) is 4.65. The molecule has 118 valence electrons. The van der Waals surface area contributed by atoms with Crippen LogP contribution in [0.1, 0.15) is 27.1 Å². The molecule has 0 aliphatic rings. The summed E-state index contributed by atoms with van der Waals surface area (Å²) in [4.78, 5) is 48.5. The fraction of sp³-hybridized carbons (Fsp3) is 0.250. The van der Waals surface area contributed by atoms with Gasteiger partial charge < -0.3 is 21.9 Å². The number of carboxylic acids is 1. The number of amides is 3. The predicted molar refractivity (Wildman–Crippen MR) is 75.0 cm³/mol. The van der Waals surface area contributed by atoms with Gasteiger partial charge in [0.05, 0.1) is 11.1 Å². The van der Waals surface area contributed by atoms with Gasteiger partial charge in [0.15, 0.2) is 0 Å². The number of hydrogen-bond acceptors (Lipinski definition) is 5. The summed E-state index contributed by atoms with van der Waals surface area (Å²) in [5.41, 5.74) is 9.46. The lowest BCUT2D eigenvalue weighted by atomic mass is 10.0. The Morgan fingerprint density at radius 2 is 1.82 bits per heavy atom. The van der Waals surface area contributed by atoms with E-state index in [1.165, 1.54) is 0 Å². The molecule has 0 bridgehead atoms. The summed E-state index contributed by atoms with van der Waals surface area (Å²) in [7, 11) is 0. The van der Waals surface area contributed by atoms with Crippen LogP contribution in [0.15, 0.2) is 12.3 Å². The van der Waals surface area contributed by atoms with E-state index in [1.807, 2.05) is 0 Å². The molecule has 6 N–H and O–H groups in total. The molecular formula is C12H13ClN4O5. The van der Waals surface area contributed by atoms with E-state index in [-0.39, 0.29) is 29.2 Å². The van der Waals surface area contributed by atoms with Gasteiger partial charge in [-0.1, -0.05) is 11.6 Å². The third-order valence-corrected chi connectivity index (χ3v) is 2.96. The minimum Gasteiger partial charge on any atom is -0.478 e. The number of hydrogen-bond donors (Lipinski definition) is 4. The van der Waals surface area contributed by atoms with Gasteiger partial charge in [-0.2, -0.15) is 0 Å². The number of nitrogens with zero attached hydrogens (tertiary/aromatic N) is 1. The van der Waals surface area contributed by atoms with Crippen LogP contribution in [0.4, 0.5) is 0 Å². The monoisotopic (exact) mass is 328 g/mol. The predicted octanol–water partition coefficient (Wildman–Crippen LogP) is -0.860. The fourth-order valence-electron chi connectivity index (χ4n) is 1.64. The zero-order valence-electron chi connectivity index (χ0n) is 11.2. The Hall–Kier alpha value is -2.68. The smallest absolute Gasteiger partial charge is 0.338 e. The normalized spacial score (nSPS) is 10.3. The fourth-order valence-corrected chi connectivity index (χ4v) is 1.80. The van der Waals surface area contributed by atoms with Crippen LogP contribution in [-0.2, 0) is 9.59 Å². The maximum atomic E-state index is 12.0. The molecule has 1 aromatic heterocycles. The number of carbonyl (C=O) groups is 4. The van der Waals surface area contributed by atoms with Gasteiger partial charge in [0.1, 0.15) is 11.1 Å². The van der Waals surface area contributed by atoms with Crippen LogP contribution in [0.2, 0.25) is 5.15 Å². The van der Waals surface area contributed by atoms with E-state index in [0.717, 1.165) is 12.3 Å². The van der Waals surface area contributed by atoms with Gasteiger partial charge in [-0.3, -0.25) is 14.4 Å². The Bertz CT molecular complexity index is 620. The van der Waals surface area contributed by atoms with Crippen LogP contribution >= 0.6 is 11.6 Å². The number of aromatic carboxylic acids is 1. The number of halogens is 1. The first-order chi connectivity index (χ1) is 10.2. The van der Waals surface area contributed by atoms with Crippen molar-refractivity contribution in [3.63, 3.8) is 0 Å². The number of nitrogens with two attached hydrogens (primary N) is 2. The van der Waals surface area contributed by atoms with Crippen molar-refractivity contribution >= 4 is 35.3 Å². The highest BCUT2D eigenvalue weighted by molar-refractivity contribution is 6.30. The van der Waals surface area contributed by atoms with Gasteiger partial charge in [0.25, 0.3) is 5.91 Å². The molecule has 0 atom stereocenters. The number of carboxylic acid groups (broad SMARTS) is 1. The zero-order valence-corrected chi connectivity index (χ0v) is 12.0. The summed E-state index contributed by atoms with van der Waals surface area (Å²) in [6.07, 6.45) is 0.854. The molecule has 3 amide bonds. The maximum Gasteiger partial charge on any atom is 0.338 e. The molecule has 1 aromatic rings. The van der Waals surface area contributed by atoms with Crippen LogP contribution < -0.4 is 16.8 Å². The molecule has 1 heterocycles. The summed E-state index contributed by atoms with van der Waals surface area (Å²) >= 11 is 5.63. The lowest BCUT2D eigenvalue weighted by Gasteiger charge is -2.11. The second kappa shape index (κ2) is 7.36. The molecule has 0 saturated carbocycles. The summed E-state index contributed by atoms with van der Waals surface area (Å²) < 4.78 is 0. The number of carbonyl (C=O) groups excluding carboxylic acids is 3. The molecule has 0 saturated heterocycles. The minimum absolute atomic E-state index is 0.0534. The Labute approximate surface area is 129 Å². The standard InChI is InChI=1S/C12H13ClN4O5/c13-8-3-6(7(4-17-8)12(21)22)11(20)16-2-1-5(9(14)18)10(15)19/h3-5H,1-2H2,(H2,14,18)(H2,15,19)(H,16,20)(H,21,22). The van der Waals surface area contributed by atoms with Crippen molar-refractivity contribution in [3.8, 4) is 0 Å². The molecule has 0 aromatic carbocycles. The Morgan fingerprint density at radius 3 is 2.32 bits per heavy atom. The van der Waals surface area contributed by atoms with Gasteiger partial charge in [-0.15, -0.1) is 0 Å². The maximum absolute atomic E-state index is 12.0. The number of primary amides is 2. The number of nitrogens with one attached hydrogen (secondary N) is 1. The van der Waals surface area contributed by atoms with Crippen LogP contribution in [0.3, 0.4) is 0 Å². The van der Waals surface area contributed by atoms with Crippen molar-refractivity contribution in [1.29, 1.82) is 0 Å². The Morgan fingerprint density at radius 1 is 1.23 bits per heavy atom. The molecule has 0 unspecified atom stereocenters. The van der Waals surface area contributed by atoms with E-state index in [9.17, 15) is 19.2 Å². The molecule has 0 fully saturated rings. The first kappa shape index (κ1) is 17.4. The summed E-state index contributed by atoms with van der Waals surface area (Å²) in [5, 5.41) is 11.3. The number of aromatic nitrogens is 1.